The number of nitrogens with one attached hydrogen (secondary N) is 1. The number of anilines is 1. The van der Waals surface area contributed by atoms with Gasteiger partial charge in [-0.1, -0.05) is 12.1 Å². The molecule has 1 aromatic heterocycles. The highest BCUT2D eigenvalue weighted by Gasteiger charge is 2.18. The summed E-state index contributed by atoms with van der Waals surface area (Å²) in [7, 11) is 0. The monoisotopic (exact) mass is 260 g/mol. The van der Waals surface area contributed by atoms with E-state index in [2.05, 4.69) is 15.4 Å². The number of hydrazine groups is 1. The summed E-state index contributed by atoms with van der Waals surface area (Å²) in [4.78, 5) is 8.60. The average molecular weight is 260 g/mol. The molecule has 0 bridgehead atoms. The fourth-order valence-electron chi connectivity index (χ4n) is 2.15. The Kier molecular flexibility index (Phi) is 3.43. The van der Waals surface area contributed by atoms with Crippen LogP contribution >= 0.6 is 0 Å². The van der Waals surface area contributed by atoms with E-state index in [1.165, 1.54) is 0 Å². The van der Waals surface area contributed by atoms with Gasteiger partial charge >= 0.3 is 0 Å². The molecule has 1 aromatic carbocycles. The van der Waals surface area contributed by atoms with Gasteiger partial charge in [0, 0.05) is 12.8 Å². The molecule has 1 saturated heterocycles. The van der Waals surface area contributed by atoms with E-state index in [0.29, 0.717) is 11.8 Å². The van der Waals surface area contributed by atoms with Gasteiger partial charge in [0.1, 0.15) is 6.10 Å². The third kappa shape index (κ3) is 2.59. The number of fused-ring (bicyclic) bond motifs is 1. The highest BCUT2D eigenvalue weighted by molar-refractivity contribution is 5.84. The molecule has 2 aromatic rings. The molecule has 6 heteroatoms. The number of ether oxygens (including phenoxy) is 2. The summed E-state index contributed by atoms with van der Waals surface area (Å²) in [6.45, 7) is 1.46. The second-order valence-corrected chi connectivity index (χ2v) is 4.44. The molecule has 1 aliphatic heterocycles. The Morgan fingerprint density at radius 1 is 1.21 bits per heavy atom. The predicted molar refractivity (Wildman–Crippen MR) is 71.8 cm³/mol. The lowest BCUT2D eigenvalue weighted by atomic mass is 10.1. The van der Waals surface area contributed by atoms with Gasteiger partial charge in [0.05, 0.1) is 24.1 Å². The smallest absolute Gasteiger partial charge is 0.241 e. The number of hydrogen-bond acceptors (Lipinski definition) is 6. The lowest BCUT2D eigenvalue weighted by molar-refractivity contribution is 0.0244. The van der Waals surface area contributed by atoms with Crippen molar-refractivity contribution in [3.8, 4) is 5.88 Å². The van der Waals surface area contributed by atoms with Crippen molar-refractivity contribution in [3.05, 3.63) is 24.3 Å². The summed E-state index contributed by atoms with van der Waals surface area (Å²) in [5.74, 6) is 6.33. The zero-order valence-electron chi connectivity index (χ0n) is 10.5. The van der Waals surface area contributed by atoms with Crippen molar-refractivity contribution in [3.63, 3.8) is 0 Å². The Morgan fingerprint density at radius 2 is 2.00 bits per heavy atom. The first-order valence-corrected chi connectivity index (χ1v) is 6.34. The van der Waals surface area contributed by atoms with Crippen LogP contribution in [0.1, 0.15) is 12.8 Å². The number of aromatic nitrogens is 2. The van der Waals surface area contributed by atoms with Gasteiger partial charge in [0.2, 0.25) is 11.8 Å². The van der Waals surface area contributed by atoms with Crippen LogP contribution in [-0.2, 0) is 4.74 Å². The molecule has 2 heterocycles. The third-order valence-electron chi connectivity index (χ3n) is 3.14. The molecule has 0 saturated carbocycles. The summed E-state index contributed by atoms with van der Waals surface area (Å²) in [6, 6.07) is 7.73. The van der Waals surface area contributed by atoms with Gasteiger partial charge in [-0.05, 0) is 12.1 Å². The molecule has 0 radical (unpaired) electrons. The van der Waals surface area contributed by atoms with Crippen LogP contribution in [0.2, 0.25) is 0 Å². The van der Waals surface area contributed by atoms with Crippen LogP contribution in [0.5, 0.6) is 5.88 Å². The standard InChI is InChI=1S/C13H16N4O2/c14-17-13-15-11-4-2-1-3-10(11)12(16-13)19-9-5-7-18-8-6-9/h1-4,9H,5-8,14H2,(H,15,16,17). The lowest BCUT2D eigenvalue weighted by Gasteiger charge is -2.23. The molecule has 19 heavy (non-hydrogen) atoms. The minimum absolute atomic E-state index is 0.137. The maximum Gasteiger partial charge on any atom is 0.241 e. The summed E-state index contributed by atoms with van der Waals surface area (Å²) in [5, 5.41) is 0.896. The fourth-order valence-corrected chi connectivity index (χ4v) is 2.15. The maximum atomic E-state index is 5.98. The highest BCUT2D eigenvalue weighted by atomic mass is 16.5. The normalized spacial score (nSPS) is 16.5. The number of nitrogen functional groups attached to an aromatic ring is 1. The Morgan fingerprint density at radius 3 is 2.79 bits per heavy atom. The molecule has 100 valence electrons. The largest absolute Gasteiger partial charge is 0.474 e. The van der Waals surface area contributed by atoms with Crippen molar-refractivity contribution in [1.29, 1.82) is 0 Å². The first-order valence-electron chi connectivity index (χ1n) is 6.34. The SMILES string of the molecule is NNc1nc(OC2CCOCC2)c2ccccc2n1. The van der Waals surface area contributed by atoms with Crippen LogP contribution in [0.15, 0.2) is 24.3 Å². The van der Waals surface area contributed by atoms with Gasteiger partial charge in [-0.25, -0.2) is 10.8 Å². The van der Waals surface area contributed by atoms with E-state index in [0.717, 1.165) is 37.0 Å². The zero-order valence-corrected chi connectivity index (χ0v) is 10.5. The van der Waals surface area contributed by atoms with Crippen molar-refractivity contribution in [1.82, 2.24) is 9.97 Å². The summed E-state index contributed by atoms with van der Waals surface area (Å²) in [5.41, 5.74) is 3.28. The van der Waals surface area contributed by atoms with Crippen molar-refractivity contribution in [2.45, 2.75) is 18.9 Å². The number of hydrogen-bond donors (Lipinski definition) is 2. The van der Waals surface area contributed by atoms with Gasteiger partial charge in [0.25, 0.3) is 0 Å². The Labute approximate surface area is 110 Å². The van der Waals surface area contributed by atoms with Gasteiger partial charge in [0.15, 0.2) is 0 Å². The molecule has 3 N–H and O–H groups in total. The maximum absolute atomic E-state index is 5.98. The molecular formula is C13H16N4O2. The molecule has 0 aliphatic carbocycles. The summed E-state index contributed by atoms with van der Waals surface area (Å²) < 4.78 is 11.3. The van der Waals surface area contributed by atoms with Crippen molar-refractivity contribution in [2.24, 2.45) is 5.84 Å². The molecule has 6 nitrogen and oxygen atoms in total. The minimum Gasteiger partial charge on any atom is -0.474 e. The zero-order chi connectivity index (χ0) is 13.1. The molecule has 0 unspecified atom stereocenters. The van der Waals surface area contributed by atoms with E-state index >= 15 is 0 Å². The van der Waals surface area contributed by atoms with E-state index in [4.69, 9.17) is 15.3 Å². The number of rotatable bonds is 3. The van der Waals surface area contributed by atoms with Crippen LogP contribution in [-0.4, -0.2) is 29.3 Å². The van der Waals surface area contributed by atoms with Crippen molar-refractivity contribution >= 4 is 16.9 Å². The van der Waals surface area contributed by atoms with Gasteiger partial charge < -0.3 is 9.47 Å². The molecule has 3 rings (SSSR count). The first kappa shape index (κ1) is 12.1. The Hall–Kier alpha value is -1.92. The molecular weight excluding hydrogens is 244 g/mol. The average Bonchev–Trinajstić information content (AvgIpc) is 2.48. The van der Waals surface area contributed by atoms with Crippen LogP contribution in [0.4, 0.5) is 5.95 Å². The lowest BCUT2D eigenvalue weighted by Crippen LogP contribution is -2.26. The van der Waals surface area contributed by atoms with Crippen LogP contribution in [0, 0.1) is 0 Å². The van der Waals surface area contributed by atoms with E-state index in [1.807, 2.05) is 24.3 Å². The van der Waals surface area contributed by atoms with E-state index in [9.17, 15) is 0 Å². The predicted octanol–water partition coefficient (Wildman–Crippen LogP) is 1.47. The third-order valence-corrected chi connectivity index (χ3v) is 3.14. The number of para-hydroxylation sites is 1. The Balaban J connectivity index is 1.95. The minimum atomic E-state index is 0.137. The molecule has 0 amide bonds. The highest BCUT2D eigenvalue weighted by Crippen LogP contribution is 2.26. The van der Waals surface area contributed by atoms with Gasteiger partial charge in [-0.3, -0.25) is 5.43 Å². The van der Waals surface area contributed by atoms with E-state index < -0.39 is 0 Å². The second kappa shape index (κ2) is 5.38. The molecule has 1 fully saturated rings. The second-order valence-electron chi connectivity index (χ2n) is 4.44. The van der Waals surface area contributed by atoms with Crippen LogP contribution in [0.3, 0.4) is 0 Å². The van der Waals surface area contributed by atoms with E-state index in [1.54, 1.807) is 0 Å². The number of benzene rings is 1. The number of nitrogens with two attached hydrogens (primary N) is 1. The molecule has 0 spiro atoms. The number of nitrogens with zero attached hydrogens (tertiary/aromatic N) is 2. The van der Waals surface area contributed by atoms with Crippen molar-refractivity contribution in [2.75, 3.05) is 18.6 Å². The molecule has 1 aliphatic rings. The van der Waals surface area contributed by atoms with Gasteiger partial charge in [-0.15, -0.1) is 0 Å². The van der Waals surface area contributed by atoms with E-state index in [-0.39, 0.29) is 6.10 Å². The summed E-state index contributed by atoms with van der Waals surface area (Å²) in [6.07, 6.45) is 1.89. The Bertz CT molecular complexity index is 570. The van der Waals surface area contributed by atoms with Crippen LogP contribution in [0.25, 0.3) is 10.9 Å². The quantitative estimate of drug-likeness (QED) is 0.642. The van der Waals surface area contributed by atoms with Crippen molar-refractivity contribution < 1.29 is 9.47 Å². The fraction of sp³-hybridized carbons (Fsp3) is 0.385. The summed E-state index contributed by atoms with van der Waals surface area (Å²) >= 11 is 0. The topological polar surface area (TPSA) is 82.3 Å². The van der Waals surface area contributed by atoms with Crippen LogP contribution < -0.4 is 16.0 Å². The van der Waals surface area contributed by atoms with Gasteiger partial charge in [-0.2, -0.15) is 4.98 Å². The molecule has 0 atom stereocenters. The first-order chi connectivity index (χ1) is 9.36.